The number of thiophene rings is 1. The number of carbonyl (C=O) groups excluding carboxylic acids is 1. The molecular weight excluding hydrogens is 216 g/mol. The highest BCUT2D eigenvalue weighted by Crippen LogP contribution is 2.30. The maximum atomic E-state index is 11.9. The van der Waals surface area contributed by atoms with Gasteiger partial charge in [-0.3, -0.25) is 4.79 Å². The quantitative estimate of drug-likeness (QED) is 0.547. The molecule has 1 aliphatic carbocycles. The summed E-state index contributed by atoms with van der Waals surface area (Å²) in [5, 5.41) is 0. The van der Waals surface area contributed by atoms with Crippen LogP contribution in [0.15, 0.2) is 6.07 Å². The molecule has 16 heavy (non-hydrogen) atoms. The Hall–Kier alpha value is -0.630. The molecule has 0 unspecified atom stereocenters. The molecule has 88 valence electrons. The van der Waals surface area contributed by atoms with Crippen molar-refractivity contribution in [1.29, 1.82) is 0 Å². The van der Waals surface area contributed by atoms with Crippen LogP contribution in [0.1, 0.15) is 65.6 Å². The molecule has 0 fully saturated rings. The van der Waals surface area contributed by atoms with Crippen LogP contribution in [-0.2, 0) is 12.8 Å². The van der Waals surface area contributed by atoms with Crippen LogP contribution >= 0.6 is 11.3 Å². The van der Waals surface area contributed by atoms with Gasteiger partial charge in [-0.05, 0) is 43.7 Å². The summed E-state index contributed by atoms with van der Waals surface area (Å²) in [5.41, 5.74) is 1.45. The molecule has 1 aromatic rings. The van der Waals surface area contributed by atoms with E-state index in [1.807, 2.05) is 0 Å². The lowest BCUT2D eigenvalue weighted by molar-refractivity contribution is 0.0983. The predicted molar refractivity (Wildman–Crippen MR) is 69.4 cm³/mol. The first-order valence-electron chi connectivity index (χ1n) is 6.46. The van der Waals surface area contributed by atoms with Gasteiger partial charge in [0.15, 0.2) is 5.78 Å². The van der Waals surface area contributed by atoms with Crippen LogP contribution in [0.25, 0.3) is 0 Å². The molecule has 0 saturated carbocycles. The number of unbranched alkanes of at least 4 members (excludes halogenated alkanes) is 2. The molecule has 0 aromatic carbocycles. The summed E-state index contributed by atoms with van der Waals surface area (Å²) in [6.45, 7) is 2.17. The lowest BCUT2D eigenvalue weighted by atomic mass is 9.99. The van der Waals surface area contributed by atoms with Crippen molar-refractivity contribution in [3.63, 3.8) is 0 Å². The Morgan fingerprint density at radius 2 is 2.12 bits per heavy atom. The molecule has 1 heterocycles. The fourth-order valence-corrected chi connectivity index (χ4v) is 3.51. The van der Waals surface area contributed by atoms with Crippen LogP contribution in [-0.4, -0.2) is 5.78 Å². The minimum atomic E-state index is 0.368. The average Bonchev–Trinajstić information content (AvgIpc) is 2.73. The van der Waals surface area contributed by atoms with Crippen LogP contribution in [0.4, 0.5) is 0 Å². The minimum absolute atomic E-state index is 0.368. The van der Waals surface area contributed by atoms with E-state index in [-0.39, 0.29) is 0 Å². The molecule has 0 spiro atoms. The normalized spacial score (nSPS) is 14.8. The summed E-state index contributed by atoms with van der Waals surface area (Å²) in [5.74, 6) is 0.368. The predicted octanol–water partition coefficient (Wildman–Crippen LogP) is 4.39. The number of fused-ring (bicyclic) bond motifs is 1. The lowest BCUT2D eigenvalue weighted by Crippen LogP contribution is -1.97. The van der Waals surface area contributed by atoms with Crippen molar-refractivity contribution in [2.75, 3.05) is 0 Å². The number of rotatable bonds is 5. The van der Waals surface area contributed by atoms with Crippen LogP contribution in [0.3, 0.4) is 0 Å². The number of Topliss-reactive ketones (excluding diaryl/α,β-unsaturated/α-hetero) is 1. The third-order valence-electron chi connectivity index (χ3n) is 3.28. The maximum Gasteiger partial charge on any atom is 0.172 e. The first-order valence-corrected chi connectivity index (χ1v) is 7.27. The summed E-state index contributed by atoms with van der Waals surface area (Å²) < 4.78 is 0. The molecule has 0 amide bonds. The zero-order valence-electron chi connectivity index (χ0n) is 10.1. The second-order valence-corrected chi connectivity index (χ2v) is 5.78. The summed E-state index contributed by atoms with van der Waals surface area (Å²) in [6.07, 6.45) is 9.15. The van der Waals surface area contributed by atoms with Gasteiger partial charge in [0.25, 0.3) is 0 Å². The highest BCUT2D eigenvalue weighted by Gasteiger charge is 2.16. The first-order chi connectivity index (χ1) is 7.81. The van der Waals surface area contributed by atoms with E-state index >= 15 is 0 Å². The van der Waals surface area contributed by atoms with Crippen molar-refractivity contribution < 1.29 is 4.79 Å². The maximum absolute atomic E-state index is 11.9. The van der Waals surface area contributed by atoms with Crippen LogP contribution in [0, 0.1) is 0 Å². The number of ketones is 1. The van der Waals surface area contributed by atoms with E-state index in [0.717, 1.165) is 17.7 Å². The summed E-state index contributed by atoms with van der Waals surface area (Å²) in [4.78, 5) is 14.4. The second-order valence-electron chi connectivity index (χ2n) is 4.65. The molecule has 2 rings (SSSR count). The fourth-order valence-electron chi connectivity index (χ4n) is 2.29. The van der Waals surface area contributed by atoms with E-state index in [1.165, 1.54) is 49.0 Å². The monoisotopic (exact) mass is 236 g/mol. The fraction of sp³-hybridized carbons (Fsp3) is 0.643. The highest BCUT2D eigenvalue weighted by atomic mass is 32.1. The van der Waals surface area contributed by atoms with Gasteiger partial charge in [-0.1, -0.05) is 19.8 Å². The van der Waals surface area contributed by atoms with Gasteiger partial charge in [0.1, 0.15) is 0 Å². The summed E-state index contributed by atoms with van der Waals surface area (Å²) in [7, 11) is 0. The molecular formula is C14H20OS. The van der Waals surface area contributed by atoms with Crippen LogP contribution in [0.5, 0.6) is 0 Å². The van der Waals surface area contributed by atoms with Gasteiger partial charge in [-0.15, -0.1) is 11.3 Å². The van der Waals surface area contributed by atoms with E-state index < -0.39 is 0 Å². The Labute approximate surface area is 102 Å². The van der Waals surface area contributed by atoms with Gasteiger partial charge in [-0.2, -0.15) is 0 Å². The van der Waals surface area contributed by atoms with E-state index in [4.69, 9.17) is 0 Å². The lowest BCUT2D eigenvalue weighted by Gasteiger charge is -2.08. The topological polar surface area (TPSA) is 17.1 Å². The Bertz CT molecular complexity index is 341. The van der Waals surface area contributed by atoms with E-state index in [1.54, 1.807) is 11.3 Å². The molecule has 0 atom stereocenters. The van der Waals surface area contributed by atoms with Crippen molar-refractivity contribution in [2.24, 2.45) is 0 Å². The standard InChI is InChI=1S/C14H20OS/c1-2-3-4-8-12(15)14-10-11-7-5-6-9-13(11)16-14/h10H,2-9H2,1H3. The second kappa shape index (κ2) is 5.62. The Balaban J connectivity index is 1.98. The van der Waals surface area contributed by atoms with Gasteiger partial charge in [-0.25, -0.2) is 0 Å². The Kier molecular flexibility index (Phi) is 4.16. The molecule has 1 aliphatic rings. The summed E-state index contributed by atoms with van der Waals surface area (Å²) in [6, 6.07) is 2.16. The number of hydrogen-bond donors (Lipinski definition) is 0. The number of hydrogen-bond acceptors (Lipinski definition) is 2. The van der Waals surface area contributed by atoms with Gasteiger partial charge in [0.05, 0.1) is 4.88 Å². The molecule has 0 radical (unpaired) electrons. The molecule has 0 bridgehead atoms. The molecule has 1 nitrogen and oxygen atoms in total. The zero-order chi connectivity index (χ0) is 11.4. The highest BCUT2D eigenvalue weighted by molar-refractivity contribution is 7.14. The SMILES string of the molecule is CCCCCC(=O)c1cc2c(s1)CCCC2. The number of carbonyl (C=O) groups is 1. The van der Waals surface area contributed by atoms with E-state index in [9.17, 15) is 4.79 Å². The van der Waals surface area contributed by atoms with Crippen molar-refractivity contribution in [2.45, 2.75) is 58.3 Å². The smallest absolute Gasteiger partial charge is 0.172 e. The van der Waals surface area contributed by atoms with Crippen LogP contribution in [0.2, 0.25) is 0 Å². The van der Waals surface area contributed by atoms with Gasteiger partial charge >= 0.3 is 0 Å². The van der Waals surface area contributed by atoms with E-state index in [0.29, 0.717) is 5.78 Å². The summed E-state index contributed by atoms with van der Waals surface area (Å²) >= 11 is 1.75. The first kappa shape index (κ1) is 11.8. The van der Waals surface area contributed by atoms with Crippen molar-refractivity contribution >= 4 is 17.1 Å². The Morgan fingerprint density at radius 1 is 1.31 bits per heavy atom. The van der Waals surface area contributed by atoms with Crippen molar-refractivity contribution in [3.8, 4) is 0 Å². The van der Waals surface area contributed by atoms with Crippen molar-refractivity contribution in [1.82, 2.24) is 0 Å². The van der Waals surface area contributed by atoms with Gasteiger partial charge in [0.2, 0.25) is 0 Å². The minimum Gasteiger partial charge on any atom is -0.293 e. The Morgan fingerprint density at radius 3 is 2.88 bits per heavy atom. The average molecular weight is 236 g/mol. The third-order valence-corrected chi connectivity index (χ3v) is 4.56. The van der Waals surface area contributed by atoms with Crippen LogP contribution < -0.4 is 0 Å². The largest absolute Gasteiger partial charge is 0.293 e. The van der Waals surface area contributed by atoms with E-state index in [2.05, 4.69) is 13.0 Å². The molecule has 1 aromatic heterocycles. The molecule has 0 aliphatic heterocycles. The number of aryl methyl sites for hydroxylation is 2. The third kappa shape index (κ3) is 2.73. The van der Waals surface area contributed by atoms with Crippen molar-refractivity contribution in [3.05, 3.63) is 21.4 Å². The molecule has 0 N–H and O–H groups in total. The van der Waals surface area contributed by atoms with Gasteiger partial charge in [0, 0.05) is 11.3 Å². The zero-order valence-corrected chi connectivity index (χ0v) is 10.9. The molecule has 2 heteroatoms. The molecule has 0 saturated heterocycles. The van der Waals surface area contributed by atoms with Gasteiger partial charge < -0.3 is 0 Å².